The first-order valence-electron chi connectivity index (χ1n) is 5.52. The van der Waals surface area contributed by atoms with Crippen LogP contribution in [-0.4, -0.2) is 18.6 Å². The van der Waals surface area contributed by atoms with E-state index in [-0.39, 0.29) is 5.91 Å². The second-order valence-corrected chi connectivity index (χ2v) is 3.86. The highest BCUT2D eigenvalue weighted by atomic mass is 16.5. The summed E-state index contributed by atoms with van der Waals surface area (Å²) in [5.74, 6) is 0.662. The van der Waals surface area contributed by atoms with Crippen LogP contribution in [0.3, 0.4) is 0 Å². The lowest BCUT2D eigenvalue weighted by molar-refractivity contribution is -0.122. The molecule has 16 heavy (non-hydrogen) atoms. The van der Waals surface area contributed by atoms with Gasteiger partial charge < -0.3 is 15.4 Å². The Bertz CT molecular complexity index is 404. The minimum atomic E-state index is -0.415. The number of hydrogen-bond donors (Lipinski definition) is 2. The Labute approximate surface area is 95.0 Å². The molecule has 1 amide bonds. The Morgan fingerprint density at radius 2 is 2.31 bits per heavy atom. The summed E-state index contributed by atoms with van der Waals surface area (Å²) in [6.45, 7) is 5.56. The highest BCUT2D eigenvalue weighted by molar-refractivity contribution is 5.97. The average molecular weight is 220 g/mol. The molecule has 0 saturated carbocycles. The minimum absolute atomic E-state index is 0.0908. The maximum Gasteiger partial charge on any atom is 0.265 e. The number of amides is 1. The molecule has 2 N–H and O–H groups in total. The van der Waals surface area contributed by atoms with Crippen LogP contribution in [0.2, 0.25) is 0 Å². The molecule has 86 valence electrons. The second-order valence-electron chi connectivity index (χ2n) is 3.86. The molecular weight excluding hydrogens is 204 g/mol. The predicted octanol–water partition coefficient (Wildman–Crippen LogP) is 1.52. The number of anilines is 1. The summed E-state index contributed by atoms with van der Waals surface area (Å²) in [6.07, 6.45) is -0.415. The highest BCUT2D eigenvalue weighted by Gasteiger charge is 2.23. The van der Waals surface area contributed by atoms with Gasteiger partial charge in [0, 0.05) is 6.54 Å². The van der Waals surface area contributed by atoms with Gasteiger partial charge in [0.2, 0.25) is 0 Å². The van der Waals surface area contributed by atoms with Crippen LogP contribution < -0.4 is 15.4 Å². The molecule has 1 unspecified atom stereocenters. The van der Waals surface area contributed by atoms with E-state index < -0.39 is 6.10 Å². The van der Waals surface area contributed by atoms with Gasteiger partial charge in [-0.2, -0.15) is 0 Å². The normalized spacial score (nSPS) is 18.6. The van der Waals surface area contributed by atoms with Gasteiger partial charge in [-0.15, -0.1) is 0 Å². The van der Waals surface area contributed by atoms with Gasteiger partial charge >= 0.3 is 0 Å². The van der Waals surface area contributed by atoms with Crippen LogP contribution in [0, 0.1) is 0 Å². The van der Waals surface area contributed by atoms with Crippen LogP contribution in [0.5, 0.6) is 5.75 Å². The Morgan fingerprint density at radius 1 is 1.50 bits per heavy atom. The maximum atomic E-state index is 11.4. The van der Waals surface area contributed by atoms with Crippen molar-refractivity contribution in [3.8, 4) is 5.75 Å². The summed E-state index contributed by atoms with van der Waals surface area (Å²) in [7, 11) is 0. The number of nitrogens with one attached hydrogen (secondary N) is 2. The molecule has 0 bridgehead atoms. The van der Waals surface area contributed by atoms with Gasteiger partial charge in [0.15, 0.2) is 6.10 Å². The summed E-state index contributed by atoms with van der Waals surface area (Å²) >= 11 is 0. The third-order valence-electron chi connectivity index (χ3n) is 2.56. The molecule has 4 heteroatoms. The lowest BCUT2D eigenvalue weighted by atomic mass is 10.1. The quantitative estimate of drug-likeness (QED) is 0.812. The van der Waals surface area contributed by atoms with Crippen molar-refractivity contribution in [2.24, 2.45) is 0 Å². The monoisotopic (exact) mass is 220 g/mol. The fraction of sp³-hybridized carbons (Fsp3) is 0.417. The van der Waals surface area contributed by atoms with Gasteiger partial charge in [0.1, 0.15) is 5.75 Å². The van der Waals surface area contributed by atoms with Crippen molar-refractivity contribution in [1.29, 1.82) is 0 Å². The number of carbonyl (C=O) groups excluding carboxylic acids is 1. The summed E-state index contributed by atoms with van der Waals surface area (Å²) in [4.78, 5) is 11.4. The molecule has 1 aromatic carbocycles. The van der Waals surface area contributed by atoms with Gasteiger partial charge in [-0.25, -0.2) is 0 Å². The maximum absolute atomic E-state index is 11.4. The van der Waals surface area contributed by atoms with Crippen LogP contribution in [0.15, 0.2) is 18.2 Å². The van der Waals surface area contributed by atoms with E-state index in [4.69, 9.17) is 4.74 Å². The molecule has 4 nitrogen and oxygen atoms in total. The third kappa shape index (κ3) is 2.17. The number of benzene rings is 1. The Hall–Kier alpha value is -1.55. The first-order valence-corrected chi connectivity index (χ1v) is 5.52. The molecule has 0 radical (unpaired) electrons. The molecule has 0 spiro atoms. The number of rotatable bonds is 3. The number of ether oxygens (including phenoxy) is 1. The van der Waals surface area contributed by atoms with Crippen molar-refractivity contribution in [3.05, 3.63) is 23.8 Å². The molecule has 0 saturated heterocycles. The summed E-state index contributed by atoms with van der Waals surface area (Å²) in [5, 5.41) is 6.06. The first-order chi connectivity index (χ1) is 7.70. The lowest BCUT2D eigenvalue weighted by Crippen LogP contribution is -2.34. The number of hydrogen-bond acceptors (Lipinski definition) is 3. The van der Waals surface area contributed by atoms with Crippen LogP contribution in [0.4, 0.5) is 5.69 Å². The topological polar surface area (TPSA) is 50.4 Å². The van der Waals surface area contributed by atoms with E-state index in [1.165, 1.54) is 0 Å². The fourth-order valence-corrected chi connectivity index (χ4v) is 1.63. The molecule has 1 aliphatic heterocycles. The fourth-order valence-electron chi connectivity index (χ4n) is 1.63. The smallest absolute Gasteiger partial charge is 0.265 e. The molecule has 1 heterocycles. The number of carbonyl (C=O) groups is 1. The largest absolute Gasteiger partial charge is 0.479 e. The van der Waals surface area contributed by atoms with Gasteiger partial charge in [-0.1, -0.05) is 13.0 Å². The van der Waals surface area contributed by atoms with Crippen molar-refractivity contribution >= 4 is 11.6 Å². The van der Waals surface area contributed by atoms with E-state index >= 15 is 0 Å². The van der Waals surface area contributed by atoms with E-state index in [1.807, 2.05) is 18.2 Å². The van der Waals surface area contributed by atoms with E-state index in [9.17, 15) is 4.79 Å². The zero-order valence-electron chi connectivity index (χ0n) is 9.54. The first kappa shape index (κ1) is 11.0. The predicted molar refractivity (Wildman–Crippen MR) is 62.5 cm³/mol. The van der Waals surface area contributed by atoms with Crippen LogP contribution in [-0.2, 0) is 11.3 Å². The van der Waals surface area contributed by atoms with Crippen LogP contribution in [0.25, 0.3) is 0 Å². The third-order valence-corrected chi connectivity index (χ3v) is 2.56. The van der Waals surface area contributed by atoms with Gasteiger partial charge in [-0.05, 0) is 31.2 Å². The van der Waals surface area contributed by atoms with E-state index in [1.54, 1.807) is 6.92 Å². The van der Waals surface area contributed by atoms with Gasteiger partial charge in [0.25, 0.3) is 5.91 Å². The molecule has 1 atom stereocenters. The number of fused-ring (bicyclic) bond motifs is 1. The average Bonchev–Trinajstić information content (AvgIpc) is 2.28. The summed E-state index contributed by atoms with van der Waals surface area (Å²) in [5.41, 5.74) is 1.91. The Kier molecular flexibility index (Phi) is 3.10. The standard InChI is InChI=1S/C12H16N2O2/c1-3-13-7-9-4-5-10-11(6-9)16-8(2)12(15)14-10/h4-6,8,13H,3,7H2,1-2H3,(H,14,15). The molecule has 0 aliphatic carbocycles. The van der Waals surface area contributed by atoms with Crippen molar-refractivity contribution in [1.82, 2.24) is 5.32 Å². The van der Waals surface area contributed by atoms with Gasteiger partial charge in [0.05, 0.1) is 5.69 Å². The van der Waals surface area contributed by atoms with Crippen molar-refractivity contribution in [2.75, 3.05) is 11.9 Å². The molecule has 2 rings (SSSR count). The minimum Gasteiger partial charge on any atom is -0.479 e. The summed E-state index contributed by atoms with van der Waals surface area (Å²) in [6, 6.07) is 5.83. The molecule has 0 fully saturated rings. The molecule has 1 aliphatic rings. The van der Waals surface area contributed by atoms with Crippen molar-refractivity contribution < 1.29 is 9.53 Å². The van der Waals surface area contributed by atoms with Crippen LogP contribution in [0.1, 0.15) is 19.4 Å². The lowest BCUT2D eigenvalue weighted by Gasteiger charge is -2.23. The summed E-state index contributed by atoms with van der Waals surface area (Å²) < 4.78 is 5.52. The molecule has 1 aromatic rings. The zero-order chi connectivity index (χ0) is 11.5. The van der Waals surface area contributed by atoms with E-state index in [2.05, 4.69) is 17.6 Å². The van der Waals surface area contributed by atoms with Gasteiger partial charge in [-0.3, -0.25) is 4.79 Å². The van der Waals surface area contributed by atoms with E-state index in [0.29, 0.717) is 0 Å². The Balaban J connectivity index is 2.19. The SMILES string of the molecule is CCNCc1ccc2c(c1)OC(C)C(=O)N2. The molecule has 0 aromatic heterocycles. The molecular formula is C12H16N2O2. The zero-order valence-corrected chi connectivity index (χ0v) is 9.54. The van der Waals surface area contributed by atoms with Crippen LogP contribution >= 0.6 is 0 Å². The second kappa shape index (κ2) is 4.53. The van der Waals surface area contributed by atoms with Crippen molar-refractivity contribution in [3.63, 3.8) is 0 Å². The highest BCUT2D eigenvalue weighted by Crippen LogP contribution is 2.30. The van der Waals surface area contributed by atoms with E-state index in [0.717, 1.165) is 30.1 Å². The van der Waals surface area contributed by atoms with Crippen molar-refractivity contribution in [2.45, 2.75) is 26.5 Å². The Morgan fingerprint density at radius 3 is 3.06 bits per heavy atom.